The van der Waals surface area contributed by atoms with Crippen LogP contribution in [0.4, 0.5) is 22.0 Å². The summed E-state index contributed by atoms with van der Waals surface area (Å²) in [6, 6.07) is 6.75. The molecule has 2 fully saturated rings. The van der Waals surface area contributed by atoms with E-state index < -0.39 is 41.4 Å². The molecular weight excluding hydrogens is 479 g/mol. The van der Waals surface area contributed by atoms with Crippen molar-refractivity contribution in [3.05, 3.63) is 58.2 Å². The molecule has 0 spiro atoms. The topological polar surface area (TPSA) is 54.4 Å². The van der Waals surface area contributed by atoms with Crippen molar-refractivity contribution >= 4 is 11.6 Å². The molecular formula is C28H29F5O3. The van der Waals surface area contributed by atoms with Crippen molar-refractivity contribution in [1.82, 2.24) is 0 Å². The molecule has 3 nitrogen and oxygen atoms in total. The van der Waals surface area contributed by atoms with Crippen LogP contribution in [0, 0.1) is 17.3 Å². The number of halogens is 5. The maximum Gasteiger partial charge on any atom is 0.456 e. The minimum atomic E-state index is -5.87. The first-order valence-electron chi connectivity index (χ1n) is 12.5. The first kappa shape index (κ1) is 25.3. The lowest BCUT2D eigenvalue weighted by atomic mass is 9.50. The number of benzene rings is 1. The van der Waals surface area contributed by atoms with E-state index in [1.165, 1.54) is 13.8 Å². The van der Waals surface area contributed by atoms with Crippen LogP contribution in [0.1, 0.15) is 80.6 Å². The first-order valence-corrected chi connectivity index (χ1v) is 12.5. The number of fused-ring (bicyclic) bond motifs is 4. The van der Waals surface area contributed by atoms with Gasteiger partial charge in [-0.15, -0.1) is 0 Å². The number of alkyl halides is 5. The standard InChI is InChI=1S/C28H29F5O3/c1-15(34)16-3-5-17(6-4-16)22-14-25(2)23(11-12-26(25,36)27(29,30)28(31,32)33)21-9-7-18-13-19(35)8-10-20(18)24(21)22/h3-6,13,21-23,36H,7-12,14H2,1-2H3/t21-,22-,23+,25+,26+/m1/s1. The summed E-state index contributed by atoms with van der Waals surface area (Å²) >= 11 is 0. The van der Waals surface area contributed by atoms with Crippen LogP contribution in [0.25, 0.3) is 0 Å². The summed E-state index contributed by atoms with van der Waals surface area (Å²) in [5, 5.41) is 11.3. The molecule has 0 aromatic heterocycles. The zero-order chi connectivity index (χ0) is 26.3. The van der Waals surface area contributed by atoms with Gasteiger partial charge in [0.2, 0.25) is 0 Å². The Balaban J connectivity index is 1.69. The molecule has 4 aliphatic carbocycles. The van der Waals surface area contributed by atoms with Gasteiger partial charge in [0.15, 0.2) is 11.6 Å². The quantitative estimate of drug-likeness (QED) is 0.364. The third kappa shape index (κ3) is 3.39. The van der Waals surface area contributed by atoms with E-state index >= 15 is 0 Å². The molecule has 1 N–H and O–H groups in total. The summed E-state index contributed by atoms with van der Waals surface area (Å²) in [6.45, 7) is 2.83. The fraction of sp³-hybridized carbons (Fsp3) is 0.571. The number of hydrogen-bond acceptors (Lipinski definition) is 3. The number of hydrogen-bond donors (Lipinski definition) is 1. The zero-order valence-electron chi connectivity index (χ0n) is 20.2. The molecule has 36 heavy (non-hydrogen) atoms. The normalized spacial score (nSPS) is 34.6. The minimum absolute atomic E-state index is 0.0378. The molecule has 1 aromatic carbocycles. The van der Waals surface area contributed by atoms with Gasteiger partial charge in [-0.05, 0) is 80.1 Å². The van der Waals surface area contributed by atoms with E-state index in [4.69, 9.17) is 0 Å². The van der Waals surface area contributed by atoms with Crippen LogP contribution in [0.15, 0.2) is 47.1 Å². The van der Waals surface area contributed by atoms with Gasteiger partial charge in [-0.25, -0.2) is 0 Å². The third-order valence-electron chi connectivity index (χ3n) is 9.48. The van der Waals surface area contributed by atoms with Crippen molar-refractivity contribution in [3.8, 4) is 0 Å². The third-order valence-corrected chi connectivity index (χ3v) is 9.48. The van der Waals surface area contributed by atoms with E-state index in [1.807, 2.05) is 0 Å². The van der Waals surface area contributed by atoms with Crippen LogP contribution in [0.5, 0.6) is 0 Å². The minimum Gasteiger partial charge on any atom is -0.383 e. The van der Waals surface area contributed by atoms with Crippen molar-refractivity contribution < 1.29 is 36.6 Å². The number of allylic oxidation sites excluding steroid dienone is 4. The molecule has 0 amide bonds. The zero-order valence-corrected chi connectivity index (χ0v) is 20.2. The highest BCUT2D eigenvalue weighted by atomic mass is 19.4. The Morgan fingerprint density at radius 3 is 2.31 bits per heavy atom. The van der Waals surface area contributed by atoms with Gasteiger partial charge in [-0.1, -0.05) is 36.8 Å². The molecule has 8 heteroatoms. The summed E-state index contributed by atoms with van der Waals surface area (Å²) in [6.07, 6.45) is -2.90. The number of rotatable bonds is 3. The smallest absolute Gasteiger partial charge is 0.383 e. The largest absolute Gasteiger partial charge is 0.456 e. The highest BCUT2D eigenvalue weighted by Gasteiger charge is 2.79. The summed E-state index contributed by atoms with van der Waals surface area (Å²) in [5.74, 6) is -6.66. The first-order chi connectivity index (χ1) is 16.7. The summed E-state index contributed by atoms with van der Waals surface area (Å²) < 4.78 is 70.7. The number of aliphatic hydroxyl groups is 1. The second kappa shape index (κ2) is 8.07. The Morgan fingerprint density at radius 2 is 1.69 bits per heavy atom. The lowest BCUT2D eigenvalue weighted by molar-refractivity contribution is -0.362. The van der Waals surface area contributed by atoms with Crippen molar-refractivity contribution in [3.63, 3.8) is 0 Å². The Hall–Kier alpha value is -2.35. The fourth-order valence-corrected chi connectivity index (χ4v) is 7.66. The van der Waals surface area contributed by atoms with E-state index in [0.29, 0.717) is 31.2 Å². The lowest BCUT2D eigenvalue weighted by Gasteiger charge is -2.56. The summed E-state index contributed by atoms with van der Waals surface area (Å²) in [7, 11) is 0. The predicted octanol–water partition coefficient (Wildman–Crippen LogP) is 6.72. The average Bonchev–Trinajstić information content (AvgIpc) is 3.09. The molecule has 0 heterocycles. The predicted molar refractivity (Wildman–Crippen MR) is 123 cm³/mol. The molecule has 0 unspecified atom stereocenters. The van der Waals surface area contributed by atoms with Crippen LogP contribution in [-0.2, 0) is 4.79 Å². The second-order valence-electron chi connectivity index (χ2n) is 11.1. The maximum absolute atomic E-state index is 15.0. The Kier molecular flexibility index (Phi) is 5.67. The summed E-state index contributed by atoms with van der Waals surface area (Å²) in [4.78, 5) is 23.9. The number of Topliss-reactive ketones (excluding diaryl/α,β-unsaturated/α-hetero) is 1. The van der Waals surface area contributed by atoms with Gasteiger partial charge in [0.1, 0.15) is 5.60 Å². The Labute approximate surface area is 206 Å². The molecule has 0 bridgehead atoms. The molecule has 5 atom stereocenters. The maximum atomic E-state index is 15.0. The van der Waals surface area contributed by atoms with E-state index in [1.54, 1.807) is 30.3 Å². The fourth-order valence-electron chi connectivity index (χ4n) is 7.66. The molecule has 194 valence electrons. The van der Waals surface area contributed by atoms with Crippen LogP contribution in [0.3, 0.4) is 0 Å². The Bertz CT molecular complexity index is 1180. The summed E-state index contributed by atoms with van der Waals surface area (Å²) in [5.41, 5.74) is -0.758. The van der Waals surface area contributed by atoms with Crippen molar-refractivity contribution in [2.75, 3.05) is 0 Å². The van der Waals surface area contributed by atoms with E-state index in [9.17, 15) is 36.6 Å². The van der Waals surface area contributed by atoms with Gasteiger partial charge in [-0.3, -0.25) is 9.59 Å². The van der Waals surface area contributed by atoms with Crippen LogP contribution in [-0.4, -0.2) is 34.4 Å². The van der Waals surface area contributed by atoms with Gasteiger partial charge in [0.05, 0.1) is 0 Å². The molecule has 4 aliphatic rings. The molecule has 2 saturated carbocycles. The monoisotopic (exact) mass is 508 g/mol. The average molecular weight is 509 g/mol. The lowest BCUT2D eigenvalue weighted by Crippen LogP contribution is -2.65. The van der Waals surface area contributed by atoms with E-state index in [-0.39, 0.29) is 30.3 Å². The number of carbonyl (C=O) groups is 2. The molecule has 5 rings (SSSR count). The van der Waals surface area contributed by atoms with Gasteiger partial charge >= 0.3 is 12.1 Å². The highest BCUT2D eigenvalue weighted by molar-refractivity contribution is 5.94. The van der Waals surface area contributed by atoms with Crippen LogP contribution in [0.2, 0.25) is 0 Å². The van der Waals surface area contributed by atoms with Crippen molar-refractivity contribution in [2.24, 2.45) is 17.3 Å². The van der Waals surface area contributed by atoms with Gasteiger partial charge in [0, 0.05) is 23.3 Å². The van der Waals surface area contributed by atoms with Crippen molar-refractivity contribution in [2.45, 2.75) is 82.4 Å². The second-order valence-corrected chi connectivity index (χ2v) is 11.1. The van der Waals surface area contributed by atoms with Crippen LogP contribution >= 0.6 is 0 Å². The molecule has 1 aromatic rings. The number of ketones is 2. The molecule has 0 saturated heterocycles. The number of carbonyl (C=O) groups excluding carboxylic acids is 2. The van der Waals surface area contributed by atoms with Crippen LogP contribution < -0.4 is 0 Å². The van der Waals surface area contributed by atoms with Crippen molar-refractivity contribution in [1.29, 1.82) is 0 Å². The Morgan fingerprint density at radius 1 is 1.03 bits per heavy atom. The molecule has 0 aliphatic heterocycles. The van der Waals surface area contributed by atoms with E-state index in [2.05, 4.69) is 0 Å². The van der Waals surface area contributed by atoms with Gasteiger partial charge in [0.25, 0.3) is 0 Å². The SMILES string of the molecule is CC(=O)c1ccc([C@H]2C[C@@]3(C)[C@@H](CC[C@@]3(O)C(F)(F)C(F)(F)F)[C@H]3CCC4=CC(=O)CCC4=C23)cc1. The van der Waals surface area contributed by atoms with E-state index in [0.717, 1.165) is 22.3 Å². The highest BCUT2D eigenvalue weighted by Crippen LogP contribution is 2.70. The van der Waals surface area contributed by atoms with Gasteiger partial charge in [-0.2, -0.15) is 22.0 Å². The molecule has 0 radical (unpaired) electrons. The van der Waals surface area contributed by atoms with Gasteiger partial charge < -0.3 is 5.11 Å².